The lowest BCUT2D eigenvalue weighted by Crippen LogP contribution is -2.15. The van der Waals surface area contributed by atoms with Crippen molar-refractivity contribution < 1.29 is 0 Å². The molecule has 1 aromatic heterocycles. The molecule has 0 radical (unpaired) electrons. The summed E-state index contributed by atoms with van der Waals surface area (Å²) < 4.78 is 2.43. The maximum atomic E-state index is 3.51. The van der Waals surface area contributed by atoms with Gasteiger partial charge in [-0.3, -0.25) is 0 Å². The summed E-state index contributed by atoms with van der Waals surface area (Å²) in [5.41, 5.74) is 17.2. The first kappa shape index (κ1) is 37.0. The molecule has 10 aromatic rings. The van der Waals surface area contributed by atoms with Gasteiger partial charge in [0.25, 0.3) is 0 Å². The van der Waals surface area contributed by atoms with Crippen LogP contribution in [0.2, 0.25) is 0 Å². The molecule has 0 aliphatic heterocycles. The smallest absolute Gasteiger partial charge is 0.0547 e. The Kier molecular flexibility index (Phi) is 9.06. The lowest BCUT2D eigenvalue weighted by molar-refractivity contribution is 0.661. The number of nitrogens with zero attached hydrogens (tertiary/aromatic N) is 3. The van der Waals surface area contributed by atoms with Crippen LogP contribution in [0.4, 0.5) is 34.1 Å². The second-order valence-corrected chi connectivity index (χ2v) is 16.5. The highest BCUT2D eigenvalue weighted by molar-refractivity contribution is 6.11. The summed E-state index contributed by atoms with van der Waals surface area (Å²) in [4.78, 5) is 4.58. The van der Waals surface area contributed by atoms with E-state index in [-0.39, 0.29) is 5.41 Å². The molecule has 0 amide bonds. The fourth-order valence-electron chi connectivity index (χ4n) is 9.34. The Hall–Kier alpha value is -8.06. The number of hydrogen-bond acceptors (Lipinski definition) is 2. The number of benzene rings is 9. The average molecular weight is 794 g/mol. The van der Waals surface area contributed by atoms with E-state index in [2.05, 4.69) is 265 Å². The third-order valence-corrected chi connectivity index (χ3v) is 12.4. The predicted octanol–water partition coefficient (Wildman–Crippen LogP) is 15.4. The first-order valence-electron chi connectivity index (χ1n) is 21.3. The van der Waals surface area contributed by atoms with Crippen molar-refractivity contribution in [1.29, 1.82) is 0 Å². The van der Waals surface area contributed by atoms with Gasteiger partial charge in [-0.1, -0.05) is 123 Å². The van der Waals surface area contributed by atoms with E-state index >= 15 is 0 Å². The van der Waals surface area contributed by atoms with Crippen LogP contribution in [0.5, 0.6) is 0 Å². The van der Waals surface area contributed by atoms with Crippen molar-refractivity contribution in [3.05, 3.63) is 247 Å². The van der Waals surface area contributed by atoms with Crippen LogP contribution in [0.25, 0.3) is 38.6 Å². The first-order valence-corrected chi connectivity index (χ1v) is 21.3. The second-order valence-electron chi connectivity index (χ2n) is 16.5. The van der Waals surface area contributed by atoms with Crippen LogP contribution in [0.15, 0.2) is 224 Å². The standard InChI is InChI=1S/C59H43N3/c1-59(2)55-39-43(28-27-42-29-32-48(33-30-42)60(44-17-7-3-8-18-44)45-19-9-4-10-20-45)31-38-51(55)53-41-58-54(40-56(53)59)52-25-15-16-26-57(52)62(58)50-36-34-49(35-37-50)61(46-21-11-5-12-22-46)47-23-13-6-14-24-47/h3-26,29-41H,1-2H3. The highest BCUT2D eigenvalue weighted by Crippen LogP contribution is 2.51. The van der Waals surface area contributed by atoms with Crippen molar-refractivity contribution in [2.24, 2.45) is 0 Å². The van der Waals surface area contributed by atoms with E-state index in [0.29, 0.717) is 0 Å². The minimum atomic E-state index is -0.195. The Morgan fingerprint density at radius 3 is 1.34 bits per heavy atom. The molecule has 0 spiro atoms. The molecule has 0 fully saturated rings. The van der Waals surface area contributed by atoms with Gasteiger partial charge in [-0.25, -0.2) is 0 Å². The summed E-state index contributed by atoms with van der Waals surface area (Å²) >= 11 is 0. The van der Waals surface area contributed by atoms with Gasteiger partial charge < -0.3 is 14.4 Å². The Labute approximate surface area is 363 Å². The number of anilines is 6. The molecule has 294 valence electrons. The normalized spacial score (nSPS) is 12.4. The largest absolute Gasteiger partial charge is 0.311 e. The molecular weight excluding hydrogens is 751 g/mol. The van der Waals surface area contributed by atoms with Crippen molar-refractivity contribution in [3.8, 4) is 28.7 Å². The van der Waals surface area contributed by atoms with Crippen LogP contribution in [-0.2, 0) is 5.41 Å². The molecular formula is C59H43N3. The zero-order valence-corrected chi connectivity index (χ0v) is 34.7. The molecule has 0 saturated carbocycles. The van der Waals surface area contributed by atoms with Gasteiger partial charge in [0.05, 0.1) is 11.0 Å². The quantitative estimate of drug-likeness (QED) is 0.149. The number of rotatable bonds is 7. The van der Waals surface area contributed by atoms with Gasteiger partial charge >= 0.3 is 0 Å². The molecule has 3 nitrogen and oxygen atoms in total. The molecule has 62 heavy (non-hydrogen) atoms. The highest BCUT2D eigenvalue weighted by atomic mass is 15.1. The minimum Gasteiger partial charge on any atom is -0.311 e. The van der Waals surface area contributed by atoms with E-state index in [1.807, 2.05) is 0 Å². The summed E-state index contributed by atoms with van der Waals surface area (Å²) in [5, 5.41) is 2.52. The molecule has 0 saturated heterocycles. The van der Waals surface area contributed by atoms with Gasteiger partial charge in [-0.2, -0.15) is 0 Å². The Balaban J connectivity index is 0.939. The molecule has 3 heteroatoms. The van der Waals surface area contributed by atoms with Gasteiger partial charge in [-0.15, -0.1) is 0 Å². The second kappa shape index (κ2) is 15.2. The predicted molar refractivity (Wildman–Crippen MR) is 260 cm³/mol. The van der Waals surface area contributed by atoms with Gasteiger partial charge in [0.2, 0.25) is 0 Å². The number of hydrogen-bond donors (Lipinski definition) is 0. The third kappa shape index (κ3) is 6.42. The van der Waals surface area contributed by atoms with Crippen molar-refractivity contribution in [2.75, 3.05) is 9.80 Å². The molecule has 9 aromatic carbocycles. The molecule has 1 heterocycles. The molecule has 1 aliphatic rings. The SMILES string of the molecule is CC1(C)c2cc(C#Cc3ccc(N(c4ccccc4)c4ccccc4)cc3)ccc2-c2cc3c(cc21)c1ccccc1n3-c1ccc(N(c2ccccc2)c2ccccc2)cc1. The topological polar surface area (TPSA) is 11.4 Å². The molecule has 0 atom stereocenters. The van der Waals surface area contributed by atoms with Gasteiger partial charge in [0.1, 0.15) is 0 Å². The summed E-state index contributed by atoms with van der Waals surface area (Å²) in [7, 11) is 0. The van der Waals surface area contributed by atoms with Crippen LogP contribution in [0.3, 0.4) is 0 Å². The zero-order valence-electron chi connectivity index (χ0n) is 34.7. The van der Waals surface area contributed by atoms with Crippen molar-refractivity contribution in [3.63, 3.8) is 0 Å². The van der Waals surface area contributed by atoms with Crippen molar-refractivity contribution in [2.45, 2.75) is 19.3 Å². The van der Waals surface area contributed by atoms with Crippen LogP contribution in [0, 0.1) is 11.8 Å². The van der Waals surface area contributed by atoms with Crippen LogP contribution in [0.1, 0.15) is 36.1 Å². The fraction of sp³-hybridized carbons (Fsp3) is 0.0508. The monoisotopic (exact) mass is 793 g/mol. The van der Waals surface area contributed by atoms with Crippen molar-refractivity contribution >= 4 is 55.9 Å². The highest BCUT2D eigenvalue weighted by Gasteiger charge is 2.36. The Bertz CT molecular complexity index is 3210. The Morgan fingerprint density at radius 2 is 0.790 bits per heavy atom. The average Bonchev–Trinajstić information content (AvgIpc) is 3.77. The lowest BCUT2D eigenvalue weighted by Gasteiger charge is -2.25. The summed E-state index contributed by atoms with van der Waals surface area (Å²) in [5.74, 6) is 6.98. The lowest BCUT2D eigenvalue weighted by atomic mass is 9.81. The molecule has 1 aliphatic carbocycles. The summed E-state index contributed by atoms with van der Waals surface area (Å²) in [6.07, 6.45) is 0. The summed E-state index contributed by atoms with van der Waals surface area (Å²) in [6, 6.07) is 80.1. The Morgan fingerprint density at radius 1 is 0.355 bits per heavy atom. The van der Waals surface area contributed by atoms with Crippen LogP contribution < -0.4 is 9.80 Å². The first-order chi connectivity index (χ1) is 30.5. The van der Waals surface area contributed by atoms with Gasteiger partial charge in [-0.05, 0) is 150 Å². The van der Waals surface area contributed by atoms with E-state index in [1.165, 1.54) is 44.1 Å². The van der Waals surface area contributed by atoms with Gasteiger partial charge in [0.15, 0.2) is 0 Å². The van der Waals surface area contributed by atoms with Crippen LogP contribution >= 0.6 is 0 Å². The van der Waals surface area contributed by atoms with E-state index < -0.39 is 0 Å². The minimum absolute atomic E-state index is 0.195. The number of fused-ring (bicyclic) bond motifs is 6. The van der Waals surface area contributed by atoms with E-state index in [0.717, 1.165) is 50.9 Å². The van der Waals surface area contributed by atoms with E-state index in [4.69, 9.17) is 0 Å². The fourth-order valence-corrected chi connectivity index (χ4v) is 9.34. The maximum Gasteiger partial charge on any atom is 0.0547 e. The third-order valence-electron chi connectivity index (χ3n) is 12.4. The van der Waals surface area contributed by atoms with Crippen LogP contribution in [-0.4, -0.2) is 4.57 Å². The van der Waals surface area contributed by atoms with E-state index in [1.54, 1.807) is 0 Å². The number of aromatic nitrogens is 1. The van der Waals surface area contributed by atoms with Gasteiger partial charge in [0, 0.05) is 67.1 Å². The zero-order chi connectivity index (χ0) is 41.6. The molecule has 11 rings (SSSR count). The van der Waals surface area contributed by atoms with Crippen molar-refractivity contribution in [1.82, 2.24) is 4.57 Å². The number of para-hydroxylation sites is 5. The van der Waals surface area contributed by atoms with E-state index in [9.17, 15) is 0 Å². The molecule has 0 bridgehead atoms. The molecule has 0 unspecified atom stereocenters. The molecule has 0 N–H and O–H groups in total. The maximum absolute atomic E-state index is 3.51. The summed E-state index contributed by atoms with van der Waals surface area (Å²) in [6.45, 7) is 4.71.